The first-order valence-electron chi connectivity index (χ1n) is 3.88. The van der Waals surface area contributed by atoms with E-state index in [-0.39, 0.29) is 5.97 Å². The summed E-state index contributed by atoms with van der Waals surface area (Å²) in [7, 11) is -4.64. The zero-order valence-corrected chi connectivity index (χ0v) is 8.81. The minimum Gasteiger partial charge on any atom is -0.463 e. The van der Waals surface area contributed by atoms with Crippen molar-refractivity contribution in [2.75, 3.05) is 6.61 Å². The lowest BCUT2D eigenvalue weighted by Crippen LogP contribution is -2.00. The second-order valence-electron chi connectivity index (χ2n) is 2.24. The number of hydrogen-bond donors (Lipinski definition) is 3. The van der Waals surface area contributed by atoms with E-state index in [9.17, 15) is 4.79 Å². The van der Waals surface area contributed by atoms with E-state index in [1.807, 2.05) is 6.92 Å². The molecule has 0 aromatic rings. The summed E-state index contributed by atoms with van der Waals surface area (Å²) in [5, 5.41) is 0. The molecule has 84 valence electrons. The van der Waals surface area contributed by atoms with E-state index in [1.165, 1.54) is 6.08 Å². The summed E-state index contributed by atoms with van der Waals surface area (Å²) >= 11 is 0. The largest absolute Gasteiger partial charge is 0.466 e. The second-order valence-corrected chi connectivity index (χ2v) is 3.27. The zero-order valence-electron chi connectivity index (χ0n) is 7.92. The Balaban J connectivity index is 0. The maximum Gasteiger partial charge on any atom is 0.466 e. The van der Waals surface area contributed by atoms with Crippen molar-refractivity contribution >= 4 is 13.8 Å². The predicted octanol–water partition coefficient (Wildman–Crippen LogP) is 0.587. The maximum absolute atomic E-state index is 10.3. The number of hydrogen-bond acceptors (Lipinski definition) is 3. The lowest BCUT2D eigenvalue weighted by molar-refractivity contribution is -0.137. The van der Waals surface area contributed by atoms with Crippen LogP contribution in [0.5, 0.6) is 0 Å². The first kappa shape index (κ1) is 15.8. The summed E-state index contributed by atoms with van der Waals surface area (Å²) in [6, 6.07) is 0. The Hall–Kier alpha value is -0.680. The van der Waals surface area contributed by atoms with E-state index < -0.39 is 7.82 Å². The van der Waals surface area contributed by atoms with Crippen LogP contribution in [-0.2, 0) is 14.1 Å². The molecule has 0 unspecified atom stereocenters. The third kappa shape index (κ3) is 30.2. The molecule has 0 aliphatic rings. The molecule has 0 aliphatic carbocycles. The standard InChI is InChI=1S/C7H12O2.H3O4P/c1-3-5-6-9-7(8)4-2;1-5(2,3)4/h4H,2-3,5-6H2,1H3;(H3,1,2,3,4). The number of rotatable bonds is 4. The molecule has 0 radical (unpaired) electrons. The molecule has 0 aromatic heterocycles. The van der Waals surface area contributed by atoms with Gasteiger partial charge < -0.3 is 19.4 Å². The molecule has 0 rings (SSSR count). The summed E-state index contributed by atoms with van der Waals surface area (Å²) < 4.78 is 13.6. The highest BCUT2D eigenvalue weighted by molar-refractivity contribution is 7.45. The fourth-order valence-electron chi connectivity index (χ4n) is 0.376. The lowest BCUT2D eigenvalue weighted by atomic mass is 10.4. The van der Waals surface area contributed by atoms with Crippen molar-refractivity contribution in [3.8, 4) is 0 Å². The minimum absolute atomic E-state index is 0.330. The average molecular weight is 226 g/mol. The molecule has 6 nitrogen and oxygen atoms in total. The van der Waals surface area contributed by atoms with Crippen LogP contribution in [0.1, 0.15) is 19.8 Å². The van der Waals surface area contributed by atoms with E-state index in [0.717, 1.165) is 12.8 Å². The molecule has 14 heavy (non-hydrogen) atoms. The van der Waals surface area contributed by atoms with Gasteiger partial charge in [0.15, 0.2) is 0 Å². The second kappa shape index (κ2) is 8.90. The number of carbonyl (C=O) groups is 1. The summed E-state index contributed by atoms with van der Waals surface area (Å²) in [5.74, 6) is -0.330. The van der Waals surface area contributed by atoms with Crippen LogP contribution >= 0.6 is 7.82 Å². The molecule has 0 aliphatic heterocycles. The third-order valence-electron chi connectivity index (χ3n) is 0.909. The molecular weight excluding hydrogens is 211 g/mol. The van der Waals surface area contributed by atoms with E-state index in [1.54, 1.807) is 0 Å². The number of esters is 1. The highest BCUT2D eigenvalue weighted by Gasteiger charge is 2.00. The Labute approximate surface area is 82.5 Å². The number of carbonyl (C=O) groups excluding carboxylic acids is 1. The van der Waals surface area contributed by atoms with Crippen molar-refractivity contribution in [3.63, 3.8) is 0 Å². The fourth-order valence-corrected chi connectivity index (χ4v) is 0.376. The molecule has 0 saturated heterocycles. The van der Waals surface area contributed by atoms with Gasteiger partial charge in [0.25, 0.3) is 0 Å². The molecule has 0 heterocycles. The smallest absolute Gasteiger partial charge is 0.463 e. The molecule has 0 spiro atoms. The van der Waals surface area contributed by atoms with E-state index >= 15 is 0 Å². The average Bonchev–Trinajstić information content (AvgIpc) is 2.01. The summed E-state index contributed by atoms with van der Waals surface area (Å²) in [5.41, 5.74) is 0. The van der Waals surface area contributed by atoms with Gasteiger partial charge in [0, 0.05) is 6.08 Å². The van der Waals surface area contributed by atoms with Crippen LogP contribution < -0.4 is 0 Å². The van der Waals surface area contributed by atoms with E-state index in [4.69, 9.17) is 19.2 Å². The minimum atomic E-state index is -4.64. The molecule has 0 aromatic carbocycles. The van der Waals surface area contributed by atoms with Crippen molar-refractivity contribution < 1.29 is 28.8 Å². The van der Waals surface area contributed by atoms with Gasteiger partial charge in [-0.2, -0.15) is 0 Å². The Morgan fingerprint density at radius 3 is 2.21 bits per heavy atom. The lowest BCUT2D eigenvalue weighted by Gasteiger charge is -1.97. The Morgan fingerprint density at radius 1 is 1.50 bits per heavy atom. The molecular formula is C7H15O6P. The van der Waals surface area contributed by atoms with Crippen LogP contribution in [0.3, 0.4) is 0 Å². The van der Waals surface area contributed by atoms with Gasteiger partial charge in [-0.25, -0.2) is 9.36 Å². The number of phosphoric acid groups is 1. The van der Waals surface area contributed by atoms with Crippen molar-refractivity contribution in [2.24, 2.45) is 0 Å². The molecule has 3 N–H and O–H groups in total. The fraction of sp³-hybridized carbons (Fsp3) is 0.571. The van der Waals surface area contributed by atoms with Crippen LogP contribution in [0, 0.1) is 0 Å². The SMILES string of the molecule is C=CC(=O)OCCCC.O=P(O)(O)O. The van der Waals surface area contributed by atoms with Crippen LogP contribution in [-0.4, -0.2) is 27.3 Å². The van der Waals surface area contributed by atoms with Crippen molar-refractivity contribution in [3.05, 3.63) is 12.7 Å². The summed E-state index contributed by atoms with van der Waals surface area (Å²) in [6.07, 6.45) is 3.15. The van der Waals surface area contributed by atoms with Gasteiger partial charge in [-0.1, -0.05) is 19.9 Å². The maximum atomic E-state index is 10.3. The number of ether oxygens (including phenoxy) is 1. The predicted molar refractivity (Wildman–Crippen MR) is 50.3 cm³/mol. The normalized spacial score (nSPS) is 9.71. The van der Waals surface area contributed by atoms with Gasteiger partial charge in [-0.15, -0.1) is 0 Å². The van der Waals surface area contributed by atoms with Crippen molar-refractivity contribution in [1.29, 1.82) is 0 Å². The monoisotopic (exact) mass is 226 g/mol. The Kier molecular flexibility index (Phi) is 10.0. The first-order chi connectivity index (χ1) is 6.31. The van der Waals surface area contributed by atoms with Crippen molar-refractivity contribution in [1.82, 2.24) is 0 Å². The number of unbranched alkanes of at least 4 members (excludes halogenated alkanes) is 1. The van der Waals surface area contributed by atoms with Crippen molar-refractivity contribution in [2.45, 2.75) is 19.8 Å². The molecule has 0 fully saturated rings. The molecule has 0 atom stereocenters. The summed E-state index contributed by atoms with van der Waals surface area (Å²) in [4.78, 5) is 31.9. The van der Waals surface area contributed by atoms with E-state index in [2.05, 4.69) is 11.3 Å². The van der Waals surface area contributed by atoms with Gasteiger partial charge in [0.05, 0.1) is 6.61 Å². The zero-order chi connectivity index (χ0) is 11.6. The third-order valence-corrected chi connectivity index (χ3v) is 0.909. The molecule has 0 amide bonds. The van der Waals surface area contributed by atoms with Gasteiger partial charge in [-0.3, -0.25) is 0 Å². The highest BCUT2D eigenvalue weighted by atomic mass is 31.2. The van der Waals surface area contributed by atoms with Gasteiger partial charge >= 0.3 is 13.8 Å². The quantitative estimate of drug-likeness (QED) is 0.280. The van der Waals surface area contributed by atoms with Crippen LogP contribution in [0.25, 0.3) is 0 Å². The topological polar surface area (TPSA) is 104 Å². The van der Waals surface area contributed by atoms with Gasteiger partial charge in [0.2, 0.25) is 0 Å². The summed E-state index contributed by atoms with van der Waals surface area (Å²) in [6.45, 7) is 5.82. The van der Waals surface area contributed by atoms with Crippen LogP contribution in [0.4, 0.5) is 0 Å². The van der Waals surface area contributed by atoms with Crippen LogP contribution in [0.2, 0.25) is 0 Å². The molecule has 0 bridgehead atoms. The van der Waals surface area contributed by atoms with Crippen LogP contribution in [0.15, 0.2) is 12.7 Å². The highest BCUT2D eigenvalue weighted by Crippen LogP contribution is 2.25. The van der Waals surface area contributed by atoms with Gasteiger partial charge in [0.1, 0.15) is 0 Å². The molecule has 7 heteroatoms. The van der Waals surface area contributed by atoms with E-state index in [0.29, 0.717) is 6.61 Å². The van der Waals surface area contributed by atoms with Gasteiger partial charge in [-0.05, 0) is 6.42 Å². The Bertz CT molecular complexity index is 200. The molecule has 0 saturated carbocycles. The first-order valence-corrected chi connectivity index (χ1v) is 5.45. The Morgan fingerprint density at radius 2 is 1.93 bits per heavy atom.